The summed E-state index contributed by atoms with van der Waals surface area (Å²) in [5.74, 6) is 0.669. The van der Waals surface area contributed by atoms with Crippen molar-refractivity contribution < 1.29 is 4.79 Å². The highest BCUT2D eigenvalue weighted by Gasteiger charge is 2.32. The number of fused-ring (bicyclic) bond motifs is 1. The molecule has 8 heteroatoms. The van der Waals surface area contributed by atoms with Gasteiger partial charge in [-0.25, -0.2) is 4.98 Å². The summed E-state index contributed by atoms with van der Waals surface area (Å²) < 4.78 is 0. The summed E-state index contributed by atoms with van der Waals surface area (Å²) in [6.45, 7) is 6.82. The van der Waals surface area contributed by atoms with Crippen LogP contribution in [0.15, 0.2) is 52.5 Å². The Kier molecular flexibility index (Phi) is 7.95. The minimum atomic E-state index is -0.133. The van der Waals surface area contributed by atoms with Crippen molar-refractivity contribution >= 4 is 57.5 Å². The number of nitrogens with one attached hydrogen (secondary N) is 1. The monoisotopic (exact) mass is 522 g/mol. The Morgan fingerprint density at radius 1 is 1.34 bits per heavy atom. The molecular weight excluding hydrogens is 496 g/mol. The number of nitriles is 1. The van der Waals surface area contributed by atoms with Crippen LogP contribution >= 0.6 is 34.7 Å². The maximum Gasteiger partial charge on any atom is 0.235 e. The fraction of sp³-hybridized carbons (Fsp3) is 0.333. The van der Waals surface area contributed by atoms with Crippen LogP contribution in [0.1, 0.15) is 48.8 Å². The molecule has 0 saturated carbocycles. The SMILES string of the molecule is CC(C)(C)[C@H]1CCc2c(sc(NC(=O)CSc3ccccc3N=Cc3cccnc3Cl)c2C#N)C1. The Balaban J connectivity index is 1.43. The molecule has 2 heterocycles. The molecule has 2 aromatic heterocycles. The maximum atomic E-state index is 12.8. The number of aromatic nitrogens is 1. The van der Waals surface area contributed by atoms with Crippen LogP contribution in [0.25, 0.3) is 0 Å². The standard InChI is InChI=1S/C27H27ClN4OS2/c1-27(2,3)18-10-11-19-20(14-29)26(35-23(19)13-18)32-24(33)16-34-22-9-5-4-8-21(22)31-15-17-7-6-12-30-25(17)28/h4-9,12,15,18H,10-11,13,16H2,1-3H3,(H,32,33)/t18-/m0/s1. The van der Waals surface area contributed by atoms with Gasteiger partial charge in [-0.15, -0.1) is 23.1 Å². The van der Waals surface area contributed by atoms with Crippen LogP contribution in [0.3, 0.4) is 0 Å². The maximum absolute atomic E-state index is 12.8. The normalized spacial score (nSPS) is 15.6. The van der Waals surface area contributed by atoms with E-state index in [1.807, 2.05) is 30.3 Å². The van der Waals surface area contributed by atoms with E-state index in [0.717, 1.165) is 41.0 Å². The van der Waals surface area contributed by atoms with E-state index in [1.165, 1.54) is 16.6 Å². The van der Waals surface area contributed by atoms with Crippen LogP contribution in [0, 0.1) is 22.7 Å². The Morgan fingerprint density at radius 2 is 2.14 bits per heavy atom. The highest BCUT2D eigenvalue weighted by Crippen LogP contribution is 2.44. The quantitative estimate of drug-likeness (QED) is 0.209. The van der Waals surface area contributed by atoms with Gasteiger partial charge in [0.2, 0.25) is 5.91 Å². The second kappa shape index (κ2) is 10.9. The number of para-hydroxylation sites is 1. The van der Waals surface area contributed by atoms with Crippen molar-refractivity contribution in [3.63, 3.8) is 0 Å². The Hall–Kier alpha value is -2.66. The number of rotatable bonds is 6. The van der Waals surface area contributed by atoms with Gasteiger partial charge in [0.25, 0.3) is 0 Å². The molecule has 0 radical (unpaired) electrons. The van der Waals surface area contributed by atoms with Crippen molar-refractivity contribution in [3.05, 3.63) is 69.3 Å². The van der Waals surface area contributed by atoms with E-state index >= 15 is 0 Å². The summed E-state index contributed by atoms with van der Waals surface area (Å²) in [6, 6.07) is 13.6. The molecule has 1 aromatic carbocycles. The van der Waals surface area contributed by atoms with Crippen LogP contribution in [0.2, 0.25) is 5.15 Å². The summed E-state index contributed by atoms with van der Waals surface area (Å²) in [6.07, 6.45) is 6.25. The highest BCUT2D eigenvalue weighted by atomic mass is 35.5. The number of thioether (sulfide) groups is 1. The summed E-state index contributed by atoms with van der Waals surface area (Å²) in [5, 5.41) is 13.9. The van der Waals surface area contributed by atoms with Gasteiger partial charge in [0.15, 0.2) is 0 Å². The summed E-state index contributed by atoms with van der Waals surface area (Å²) in [5.41, 5.74) is 3.46. The summed E-state index contributed by atoms with van der Waals surface area (Å²) in [4.78, 5) is 23.6. The highest BCUT2D eigenvalue weighted by molar-refractivity contribution is 8.00. The molecule has 35 heavy (non-hydrogen) atoms. The molecule has 1 aliphatic rings. The zero-order valence-electron chi connectivity index (χ0n) is 20.0. The number of pyridine rings is 1. The number of anilines is 1. The number of hydrogen-bond acceptors (Lipinski definition) is 6. The molecule has 0 spiro atoms. The van der Waals surface area contributed by atoms with Crippen molar-refractivity contribution in [3.8, 4) is 6.07 Å². The van der Waals surface area contributed by atoms with E-state index in [-0.39, 0.29) is 17.1 Å². The third-order valence-electron chi connectivity index (χ3n) is 6.21. The first-order valence-corrected chi connectivity index (χ1v) is 13.6. The van der Waals surface area contributed by atoms with Gasteiger partial charge in [-0.2, -0.15) is 5.26 Å². The van der Waals surface area contributed by atoms with E-state index < -0.39 is 0 Å². The molecule has 1 N–H and O–H groups in total. The first kappa shape index (κ1) is 25.4. The van der Waals surface area contributed by atoms with Crippen molar-refractivity contribution in [1.29, 1.82) is 5.26 Å². The van der Waals surface area contributed by atoms with Crippen molar-refractivity contribution in [2.75, 3.05) is 11.1 Å². The van der Waals surface area contributed by atoms with Crippen molar-refractivity contribution in [1.82, 2.24) is 4.98 Å². The number of benzene rings is 1. The molecule has 180 valence electrons. The second-order valence-electron chi connectivity index (χ2n) is 9.57. The molecule has 1 aliphatic carbocycles. The van der Waals surface area contributed by atoms with E-state index in [0.29, 0.717) is 21.6 Å². The predicted molar refractivity (Wildman–Crippen MR) is 146 cm³/mol. The number of aliphatic imine (C=N–C) groups is 1. The van der Waals surface area contributed by atoms with E-state index in [2.05, 4.69) is 42.1 Å². The van der Waals surface area contributed by atoms with Crippen LogP contribution in [-0.4, -0.2) is 22.9 Å². The fourth-order valence-electron chi connectivity index (χ4n) is 4.16. The predicted octanol–water partition coefficient (Wildman–Crippen LogP) is 7.30. The molecule has 0 aliphatic heterocycles. The molecule has 0 bridgehead atoms. The number of thiophene rings is 1. The Bertz CT molecular complexity index is 1300. The lowest BCUT2D eigenvalue weighted by molar-refractivity contribution is -0.113. The first-order valence-electron chi connectivity index (χ1n) is 11.5. The van der Waals surface area contributed by atoms with Crippen LogP contribution in [0.5, 0.6) is 0 Å². The van der Waals surface area contributed by atoms with Crippen molar-refractivity contribution in [2.45, 2.75) is 44.9 Å². The lowest BCUT2D eigenvalue weighted by atomic mass is 9.72. The van der Waals surface area contributed by atoms with Gasteiger partial charge in [0, 0.05) is 27.7 Å². The van der Waals surface area contributed by atoms with Gasteiger partial charge in [-0.1, -0.05) is 44.5 Å². The number of amides is 1. The van der Waals surface area contributed by atoms with E-state index in [4.69, 9.17) is 11.6 Å². The molecule has 1 amide bonds. The van der Waals surface area contributed by atoms with Gasteiger partial charge < -0.3 is 5.32 Å². The number of carbonyl (C=O) groups is 1. The average Bonchev–Trinajstić information content (AvgIpc) is 3.18. The van der Waals surface area contributed by atoms with Gasteiger partial charge in [0.1, 0.15) is 16.2 Å². The summed E-state index contributed by atoms with van der Waals surface area (Å²) >= 11 is 9.09. The van der Waals surface area contributed by atoms with Gasteiger partial charge in [-0.05, 0) is 60.4 Å². The molecular formula is C27H27ClN4OS2. The van der Waals surface area contributed by atoms with Crippen LogP contribution in [-0.2, 0) is 17.6 Å². The minimum Gasteiger partial charge on any atom is -0.316 e. The average molecular weight is 523 g/mol. The molecule has 4 rings (SSSR count). The summed E-state index contributed by atoms with van der Waals surface area (Å²) in [7, 11) is 0. The second-order valence-corrected chi connectivity index (χ2v) is 12.1. The zero-order chi connectivity index (χ0) is 25.0. The lowest BCUT2D eigenvalue weighted by Gasteiger charge is -2.33. The van der Waals surface area contributed by atoms with Gasteiger partial charge >= 0.3 is 0 Å². The minimum absolute atomic E-state index is 0.133. The third kappa shape index (κ3) is 6.13. The molecule has 0 saturated heterocycles. The van der Waals surface area contributed by atoms with Crippen molar-refractivity contribution in [2.24, 2.45) is 16.3 Å². The molecule has 1 atom stereocenters. The molecule has 3 aromatic rings. The number of nitrogens with zero attached hydrogens (tertiary/aromatic N) is 3. The number of hydrogen-bond donors (Lipinski definition) is 1. The van der Waals surface area contributed by atoms with Crippen LogP contribution in [0.4, 0.5) is 10.7 Å². The largest absolute Gasteiger partial charge is 0.316 e. The van der Waals surface area contributed by atoms with E-state index in [1.54, 1.807) is 29.8 Å². The first-order chi connectivity index (χ1) is 16.8. The lowest BCUT2D eigenvalue weighted by Crippen LogP contribution is -2.26. The van der Waals surface area contributed by atoms with Crippen LogP contribution < -0.4 is 5.32 Å². The number of halogens is 1. The van der Waals surface area contributed by atoms with Gasteiger partial charge in [-0.3, -0.25) is 9.79 Å². The topological polar surface area (TPSA) is 78.1 Å². The number of carbonyl (C=O) groups excluding carboxylic acids is 1. The molecule has 0 unspecified atom stereocenters. The Morgan fingerprint density at radius 3 is 2.89 bits per heavy atom. The molecule has 5 nitrogen and oxygen atoms in total. The third-order valence-corrected chi connectivity index (χ3v) is 8.76. The van der Waals surface area contributed by atoms with E-state index in [9.17, 15) is 10.1 Å². The fourth-order valence-corrected chi connectivity index (χ4v) is 6.42. The molecule has 0 fully saturated rings. The van der Waals surface area contributed by atoms with Gasteiger partial charge in [0.05, 0.1) is 17.0 Å². The Labute approximate surface area is 219 Å². The smallest absolute Gasteiger partial charge is 0.235 e. The zero-order valence-corrected chi connectivity index (χ0v) is 22.4.